The summed E-state index contributed by atoms with van der Waals surface area (Å²) < 4.78 is 79.9. The van der Waals surface area contributed by atoms with E-state index in [9.17, 15) is 26.3 Å². The van der Waals surface area contributed by atoms with Gasteiger partial charge in [-0.2, -0.15) is 0 Å². The van der Waals surface area contributed by atoms with E-state index in [4.69, 9.17) is 0 Å². The lowest BCUT2D eigenvalue weighted by molar-refractivity contribution is 0.442. The van der Waals surface area contributed by atoms with Crippen LogP contribution in [0.1, 0.15) is 12.5 Å². The highest BCUT2D eigenvalue weighted by molar-refractivity contribution is 5.88. The van der Waals surface area contributed by atoms with Crippen LogP contribution in [-0.4, -0.2) is 0 Å². The van der Waals surface area contributed by atoms with Crippen molar-refractivity contribution in [3.8, 4) is 0 Å². The number of benzene rings is 2. The highest BCUT2D eigenvalue weighted by atomic mass is 19.2. The second-order valence-electron chi connectivity index (χ2n) is 3.68. The first-order valence-electron chi connectivity index (χ1n) is 5.02. The minimum absolute atomic E-state index is 0.0948. The maximum absolute atomic E-state index is 13.5. The molecule has 0 amide bonds. The van der Waals surface area contributed by atoms with Gasteiger partial charge in [0.1, 0.15) is 5.82 Å². The summed E-state index contributed by atoms with van der Waals surface area (Å²) in [5.41, 5.74) is -0.597. The van der Waals surface area contributed by atoms with Gasteiger partial charge in [-0.3, -0.25) is 0 Å². The van der Waals surface area contributed by atoms with Crippen molar-refractivity contribution in [3.63, 3.8) is 0 Å². The molecule has 0 heterocycles. The maximum Gasteiger partial charge on any atom is 0.195 e. The van der Waals surface area contributed by atoms with Crippen molar-refractivity contribution < 1.29 is 26.3 Å². The Kier molecular flexibility index (Phi) is 2.96. The van der Waals surface area contributed by atoms with Crippen LogP contribution in [0.4, 0.5) is 26.3 Å². The number of aryl methyl sites for hydroxylation is 1. The molecule has 2 rings (SSSR count). The Bertz CT molecular complexity index is 647. The molecule has 0 radical (unpaired) electrons. The zero-order valence-corrected chi connectivity index (χ0v) is 9.05. The van der Waals surface area contributed by atoms with Gasteiger partial charge in [0.05, 0.1) is 5.39 Å². The van der Waals surface area contributed by atoms with Crippen LogP contribution in [0.3, 0.4) is 0 Å². The van der Waals surface area contributed by atoms with Crippen LogP contribution < -0.4 is 0 Å². The zero-order valence-electron chi connectivity index (χ0n) is 9.05. The van der Waals surface area contributed by atoms with Gasteiger partial charge in [0.25, 0.3) is 0 Å². The van der Waals surface area contributed by atoms with Gasteiger partial charge in [0.2, 0.25) is 0 Å². The lowest BCUT2D eigenvalue weighted by atomic mass is 9.99. The second kappa shape index (κ2) is 4.19. The molecule has 0 aliphatic heterocycles. The molecule has 0 atom stereocenters. The van der Waals surface area contributed by atoms with Crippen molar-refractivity contribution in [3.05, 3.63) is 46.5 Å². The van der Waals surface area contributed by atoms with E-state index in [-0.39, 0.29) is 12.5 Å². The van der Waals surface area contributed by atoms with Crippen LogP contribution >= 0.6 is 0 Å². The first kappa shape index (κ1) is 12.7. The molecule has 0 N–H and O–H groups in total. The van der Waals surface area contributed by atoms with Crippen LogP contribution in [-0.2, 0) is 6.42 Å². The van der Waals surface area contributed by atoms with Gasteiger partial charge in [-0.05, 0) is 6.42 Å². The normalized spacial score (nSPS) is 11.3. The molecule has 2 aromatic carbocycles. The van der Waals surface area contributed by atoms with Crippen molar-refractivity contribution in [1.29, 1.82) is 0 Å². The quantitative estimate of drug-likeness (QED) is 0.410. The Morgan fingerprint density at radius 1 is 0.722 bits per heavy atom. The molecule has 6 heteroatoms. The van der Waals surface area contributed by atoms with E-state index >= 15 is 0 Å². The summed E-state index contributed by atoms with van der Waals surface area (Å²) in [6.07, 6.45) is -0.237. The molecule has 0 saturated carbocycles. The molecular formula is C12H6F6. The van der Waals surface area contributed by atoms with E-state index < -0.39 is 51.2 Å². The molecule has 2 aromatic rings. The number of fused-ring (bicyclic) bond motifs is 1. The Hall–Kier alpha value is -1.72. The van der Waals surface area contributed by atoms with E-state index in [1.165, 1.54) is 6.92 Å². The standard InChI is InChI=1S/C12H6F6/c1-2-4-7-8(11(17)12(18)9(4)15)5(13)3-6(14)10(7)16/h3H,2H2,1H3. The summed E-state index contributed by atoms with van der Waals surface area (Å²) >= 11 is 0. The van der Waals surface area contributed by atoms with Crippen LogP contribution in [0.2, 0.25) is 0 Å². The van der Waals surface area contributed by atoms with Crippen LogP contribution in [0.15, 0.2) is 6.07 Å². The Balaban J connectivity index is 3.15. The molecule has 96 valence electrons. The van der Waals surface area contributed by atoms with Crippen LogP contribution in [0, 0.1) is 34.9 Å². The molecular weight excluding hydrogens is 258 g/mol. The molecule has 18 heavy (non-hydrogen) atoms. The van der Waals surface area contributed by atoms with Crippen molar-refractivity contribution in [1.82, 2.24) is 0 Å². The van der Waals surface area contributed by atoms with Gasteiger partial charge in [0, 0.05) is 17.0 Å². The van der Waals surface area contributed by atoms with E-state index in [0.717, 1.165) is 0 Å². The molecule has 0 bridgehead atoms. The van der Waals surface area contributed by atoms with Crippen molar-refractivity contribution >= 4 is 10.8 Å². The second-order valence-corrected chi connectivity index (χ2v) is 3.68. The topological polar surface area (TPSA) is 0 Å². The Labute approximate surface area is 97.8 Å². The summed E-state index contributed by atoms with van der Waals surface area (Å²) in [5, 5.41) is -1.98. The predicted molar refractivity (Wildman–Crippen MR) is 53.1 cm³/mol. The fourth-order valence-electron chi connectivity index (χ4n) is 1.87. The molecule has 0 spiro atoms. The molecule has 0 aliphatic carbocycles. The first-order chi connectivity index (χ1) is 8.40. The summed E-state index contributed by atoms with van der Waals surface area (Å²) in [5.74, 6) is -10.1. The fourth-order valence-corrected chi connectivity index (χ4v) is 1.87. The monoisotopic (exact) mass is 264 g/mol. The van der Waals surface area contributed by atoms with Gasteiger partial charge >= 0.3 is 0 Å². The molecule has 0 aliphatic rings. The van der Waals surface area contributed by atoms with Gasteiger partial charge in [-0.15, -0.1) is 0 Å². The van der Waals surface area contributed by atoms with E-state index in [2.05, 4.69) is 0 Å². The molecule has 0 aromatic heterocycles. The highest BCUT2D eigenvalue weighted by Gasteiger charge is 2.25. The third-order valence-corrected chi connectivity index (χ3v) is 2.70. The van der Waals surface area contributed by atoms with Gasteiger partial charge in [0.15, 0.2) is 29.1 Å². The summed E-state index contributed by atoms with van der Waals surface area (Å²) in [6, 6.07) is 0.0948. The van der Waals surface area contributed by atoms with Crippen molar-refractivity contribution in [2.45, 2.75) is 13.3 Å². The summed E-state index contributed by atoms with van der Waals surface area (Å²) in [7, 11) is 0. The highest BCUT2D eigenvalue weighted by Crippen LogP contribution is 2.33. The van der Waals surface area contributed by atoms with Gasteiger partial charge < -0.3 is 0 Å². The molecule has 0 unspecified atom stereocenters. The van der Waals surface area contributed by atoms with E-state index in [0.29, 0.717) is 0 Å². The Morgan fingerprint density at radius 3 is 1.89 bits per heavy atom. The third-order valence-electron chi connectivity index (χ3n) is 2.70. The largest absolute Gasteiger partial charge is 0.206 e. The van der Waals surface area contributed by atoms with E-state index in [1.54, 1.807) is 0 Å². The number of halogens is 6. The lowest BCUT2D eigenvalue weighted by Crippen LogP contribution is -2.04. The maximum atomic E-state index is 13.5. The molecule has 0 saturated heterocycles. The van der Waals surface area contributed by atoms with E-state index in [1.807, 2.05) is 0 Å². The van der Waals surface area contributed by atoms with Crippen molar-refractivity contribution in [2.75, 3.05) is 0 Å². The fraction of sp³-hybridized carbons (Fsp3) is 0.167. The minimum Gasteiger partial charge on any atom is -0.206 e. The van der Waals surface area contributed by atoms with Crippen LogP contribution in [0.25, 0.3) is 10.8 Å². The zero-order chi connectivity index (χ0) is 13.6. The lowest BCUT2D eigenvalue weighted by Gasteiger charge is -2.11. The molecule has 0 fully saturated rings. The summed E-state index contributed by atoms with van der Waals surface area (Å²) in [6.45, 7) is 1.33. The average molecular weight is 264 g/mol. The number of rotatable bonds is 1. The molecule has 0 nitrogen and oxygen atoms in total. The van der Waals surface area contributed by atoms with Crippen LogP contribution in [0.5, 0.6) is 0 Å². The average Bonchev–Trinajstić information content (AvgIpc) is 2.33. The smallest absolute Gasteiger partial charge is 0.195 e. The van der Waals surface area contributed by atoms with Crippen molar-refractivity contribution in [2.24, 2.45) is 0 Å². The SMILES string of the molecule is CCc1c(F)c(F)c(F)c2c(F)cc(F)c(F)c12. The Morgan fingerprint density at radius 2 is 1.33 bits per heavy atom. The van der Waals surface area contributed by atoms with Gasteiger partial charge in [-0.25, -0.2) is 26.3 Å². The predicted octanol–water partition coefficient (Wildman–Crippen LogP) is 4.24. The third kappa shape index (κ3) is 1.55. The minimum atomic E-state index is -1.90. The number of hydrogen-bond acceptors (Lipinski definition) is 0. The first-order valence-corrected chi connectivity index (χ1v) is 5.02. The van der Waals surface area contributed by atoms with Gasteiger partial charge in [-0.1, -0.05) is 6.92 Å². The summed E-state index contributed by atoms with van der Waals surface area (Å²) in [4.78, 5) is 0. The number of hydrogen-bond donors (Lipinski definition) is 0.